The first-order valence-corrected chi connectivity index (χ1v) is 8.08. The van der Waals surface area contributed by atoms with E-state index >= 15 is 0 Å². The van der Waals surface area contributed by atoms with Gasteiger partial charge in [-0.05, 0) is 48.5 Å². The van der Waals surface area contributed by atoms with E-state index in [2.05, 4.69) is 10.3 Å². The standard InChI is InChI=1S/C20H16F3N3O/c1-26(17-5-3-2-4-6-17)18-12-7-14(13-24-18)19(27)25-16-10-8-15(9-11-16)20(21,22)23/h2-13H,1H3,(H,25,27). The van der Waals surface area contributed by atoms with Crippen LogP contribution < -0.4 is 10.2 Å². The molecule has 1 aromatic heterocycles. The minimum atomic E-state index is -4.41. The van der Waals surface area contributed by atoms with E-state index in [0.29, 0.717) is 11.4 Å². The van der Waals surface area contributed by atoms with Crippen LogP contribution in [0.1, 0.15) is 15.9 Å². The molecule has 1 amide bonds. The van der Waals surface area contributed by atoms with Gasteiger partial charge < -0.3 is 10.2 Å². The summed E-state index contributed by atoms with van der Waals surface area (Å²) in [5, 5.41) is 2.56. The number of hydrogen-bond donors (Lipinski definition) is 1. The summed E-state index contributed by atoms with van der Waals surface area (Å²) >= 11 is 0. The number of hydrogen-bond acceptors (Lipinski definition) is 3. The quantitative estimate of drug-likeness (QED) is 0.692. The molecule has 0 spiro atoms. The Morgan fingerprint density at radius 2 is 1.63 bits per heavy atom. The van der Waals surface area contributed by atoms with Crippen LogP contribution in [0, 0.1) is 0 Å². The van der Waals surface area contributed by atoms with E-state index in [1.54, 1.807) is 12.1 Å². The van der Waals surface area contributed by atoms with Crippen molar-refractivity contribution in [3.05, 3.63) is 84.1 Å². The van der Waals surface area contributed by atoms with Gasteiger partial charge in [0.1, 0.15) is 5.82 Å². The van der Waals surface area contributed by atoms with E-state index in [1.165, 1.54) is 18.3 Å². The maximum atomic E-state index is 12.6. The van der Waals surface area contributed by atoms with Gasteiger partial charge in [-0.25, -0.2) is 4.98 Å². The van der Waals surface area contributed by atoms with Crippen molar-refractivity contribution in [3.63, 3.8) is 0 Å². The number of pyridine rings is 1. The molecular weight excluding hydrogens is 355 g/mol. The number of aromatic nitrogens is 1. The van der Waals surface area contributed by atoms with Crippen molar-refractivity contribution in [2.24, 2.45) is 0 Å². The number of halogens is 3. The van der Waals surface area contributed by atoms with E-state index in [9.17, 15) is 18.0 Å². The second kappa shape index (κ2) is 7.49. The second-order valence-corrected chi connectivity index (χ2v) is 5.83. The number of rotatable bonds is 4. The van der Waals surface area contributed by atoms with E-state index in [0.717, 1.165) is 17.8 Å². The first kappa shape index (κ1) is 18.4. The summed E-state index contributed by atoms with van der Waals surface area (Å²) < 4.78 is 37.7. The van der Waals surface area contributed by atoms with Crippen LogP contribution in [0.4, 0.5) is 30.4 Å². The second-order valence-electron chi connectivity index (χ2n) is 5.83. The molecule has 0 radical (unpaired) electrons. The lowest BCUT2D eigenvalue weighted by Gasteiger charge is -2.18. The minimum absolute atomic E-state index is 0.276. The van der Waals surface area contributed by atoms with Crippen molar-refractivity contribution in [1.82, 2.24) is 4.98 Å². The molecule has 0 bridgehead atoms. The Hall–Kier alpha value is -3.35. The monoisotopic (exact) mass is 371 g/mol. The molecule has 0 aliphatic heterocycles. The molecule has 1 N–H and O–H groups in total. The van der Waals surface area contributed by atoms with Crippen molar-refractivity contribution < 1.29 is 18.0 Å². The van der Waals surface area contributed by atoms with Crippen LogP contribution in [0.15, 0.2) is 72.9 Å². The van der Waals surface area contributed by atoms with Crippen LogP contribution in [0.2, 0.25) is 0 Å². The summed E-state index contributed by atoms with van der Waals surface area (Å²) in [4.78, 5) is 18.4. The molecule has 7 heteroatoms. The molecule has 0 aliphatic carbocycles. The number of benzene rings is 2. The fraction of sp³-hybridized carbons (Fsp3) is 0.100. The molecular formula is C20H16F3N3O. The third-order valence-corrected chi connectivity index (χ3v) is 3.97. The summed E-state index contributed by atoms with van der Waals surface area (Å²) in [6.45, 7) is 0. The lowest BCUT2D eigenvalue weighted by atomic mass is 10.2. The Labute approximate surface area is 154 Å². The predicted molar refractivity (Wildman–Crippen MR) is 98.1 cm³/mol. The zero-order chi connectivity index (χ0) is 19.4. The first-order valence-electron chi connectivity index (χ1n) is 8.08. The molecule has 0 saturated carbocycles. The Balaban J connectivity index is 1.69. The number of nitrogens with one attached hydrogen (secondary N) is 1. The molecule has 2 aromatic carbocycles. The summed E-state index contributed by atoms with van der Waals surface area (Å²) in [5.41, 5.74) is 0.765. The fourth-order valence-corrected chi connectivity index (χ4v) is 2.45. The highest BCUT2D eigenvalue weighted by molar-refractivity contribution is 6.04. The van der Waals surface area contributed by atoms with Gasteiger partial charge in [0.05, 0.1) is 11.1 Å². The Kier molecular flexibility index (Phi) is 5.12. The van der Waals surface area contributed by atoms with Gasteiger partial charge in [0.15, 0.2) is 0 Å². The van der Waals surface area contributed by atoms with Crippen molar-refractivity contribution in [1.29, 1.82) is 0 Å². The van der Waals surface area contributed by atoms with Gasteiger partial charge in [-0.15, -0.1) is 0 Å². The molecule has 138 valence electrons. The third kappa shape index (κ3) is 4.44. The van der Waals surface area contributed by atoms with Gasteiger partial charge in [0.25, 0.3) is 5.91 Å². The predicted octanol–water partition coefficient (Wildman–Crippen LogP) is 5.12. The van der Waals surface area contributed by atoms with Gasteiger partial charge in [0.2, 0.25) is 0 Å². The highest BCUT2D eigenvalue weighted by Crippen LogP contribution is 2.30. The van der Waals surface area contributed by atoms with Gasteiger partial charge >= 0.3 is 6.18 Å². The average molecular weight is 371 g/mol. The molecule has 4 nitrogen and oxygen atoms in total. The zero-order valence-corrected chi connectivity index (χ0v) is 14.4. The molecule has 27 heavy (non-hydrogen) atoms. The maximum Gasteiger partial charge on any atom is 0.416 e. The normalized spacial score (nSPS) is 11.1. The number of carbonyl (C=O) groups is 1. The number of amides is 1. The first-order chi connectivity index (χ1) is 12.8. The topological polar surface area (TPSA) is 45.2 Å². The zero-order valence-electron chi connectivity index (χ0n) is 14.4. The van der Waals surface area contributed by atoms with Gasteiger partial charge in [-0.1, -0.05) is 18.2 Å². The largest absolute Gasteiger partial charge is 0.416 e. The van der Waals surface area contributed by atoms with Crippen molar-refractivity contribution in [3.8, 4) is 0 Å². The van der Waals surface area contributed by atoms with Crippen LogP contribution in [0.25, 0.3) is 0 Å². The highest BCUT2D eigenvalue weighted by atomic mass is 19.4. The molecule has 3 aromatic rings. The van der Waals surface area contributed by atoms with Gasteiger partial charge in [0, 0.05) is 24.6 Å². The average Bonchev–Trinajstić information content (AvgIpc) is 2.68. The molecule has 0 unspecified atom stereocenters. The van der Waals surface area contributed by atoms with E-state index in [1.807, 2.05) is 42.3 Å². The summed E-state index contributed by atoms with van der Waals surface area (Å²) in [6, 6.07) is 17.2. The van der Waals surface area contributed by atoms with Crippen LogP contribution in [0.3, 0.4) is 0 Å². The van der Waals surface area contributed by atoms with Crippen LogP contribution in [0.5, 0.6) is 0 Å². The summed E-state index contributed by atoms with van der Waals surface area (Å²) in [6.07, 6.45) is -2.98. The van der Waals surface area contributed by atoms with E-state index in [-0.39, 0.29) is 5.69 Å². The lowest BCUT2D eigenvalue weighted by molar-refractivity contribution is -0.137. The minimum Gasteiger partial charge on any atom is -0.329 e. The SMILES string of the molecule is CN(c1ccccc1)c1ccc(C(=O)Nc2ccc(C(F)(F)F)cc2)cn1. The maximum absolute atomic E-state index is 12.6. The van der Waals surface area contributed by atoms with Gasteiger partial charge in [-0.3, -0.25) is 4.79 Å². The number of carbonyl (C=O) groups excluding carboxylic acids is 1. The molecule has 3 rings (SSSR count). The summed E-state index contributed by atoms with van der Waals surface area (Å²) in [5.74, 6) is 0.212. The number of para-hydroxylation sites is 1. The summed E-state index contributed by atoms with van der Waals surface area (Å²) in [7, 11) is 1.86. The Morgan fingerprint density at radius 3 is 2.19 bits per heavy atom. The number of nitrogens with zero attached hydrogens (tertiary/aromatic N) is 2. The number of anilines is 3. The van der Waals surface area contributed by atoms with E-state index < -0.39 is 17.6 Å². The number of alkyl halides is 3. The van der Waals surface area contributed by atoms with Crippen LogP contribution >= 0.6 is 0 Å². The van der Waals surface area contributed by atoms with Crippen molar-refractivity contribution in [2.75, 3.05) is 17.3 Å². The Morgan fingerprint density at radius 1 is 0.963 bits per heavy atom. The molecule has 0 aliphatic rings. The third-order valence-electron chi connectivity index (χ3n) is 3.97. The molecule has 1 heterocycles. The lowest BCUT2D eigenvalue weighted by Crippen LogP contribution is -2.14. The molecule has 0 saturated heterocycles. The van der Waals surface area contributed by atoms with Crippen molar-refractivity contribution >= 4 is 23.1 Å². The highest BCUT2D eigenvalue weighted by Gasteiger charge is 2.30. The van der Waals surface area contributed by atoms with Crippen molar-refractivity contribution in [2.45, 2.75) is 6.18 Å². The van der Waals surface area contributed by atoms with Crippen LogP contribution in [-0.4, -0.2) is 17.9 Å². The molecule has 0 atom stereocenters. The fourth-order valence-electron chi connectivity index (χ4n) is 2.45. The van der Waals surface area contributed by atoms with Gasteiger partial charge in [-0.2, -0.15) is 13.2 Å². The van der Waals surface area contributed by atoms with Crippen LogP contribution in [-0.2, 0) is 6.18 Å². The Bertz CT molecular complexity index is 908. The van der Waals surface area contributed by atoms with E-state index in [4.69, 9.17) is 0 Å². The smallest absolute Gasteiger partial charge is 0.329 e. The molecule has 0 fully saturated rings.